The quantitative estimate of drug-likeness (QED) is 0.783. The van der Waals surface area contributed by atoms with Crippen molar-refractivity contribution in [2.75, 3.05) is 13.7 Å². The van der Waals surface area contributed by atoms with Gasteiger partial charge in [-0.2, -0.15) is 0 Å². The molecule has 0 amide bonds. The van der Waals surface area contributed by atoms with Gasteiger partial charge in [-0.05, 0) is 19.1 Å². The number of hydrogen-bond acceptors (Lipinski definition) is 4. The second-order valence-electron chi connectivity index (χ2n) is 4.28. The van der Waals surface area contributed by atoms with Gasteiger partial charge in [-0.15, -0.1) is 0 Å². The summed E-state index contributed by atoms with van der Waals surface area (Å²) in [6, 6.07) is 6.86. The molecular formula is C15H17NO4. The fourth-order valence-corrected chi connectivity index (χ4v) is 2.11. The molecule has 0 aliphatic heterocycles. The Morgan fingerprint density at radius 3 is 2.80 bits per heavy atom. The number of nitrogens with zero attached hydrogens (tertiary/aromatic N) is 1. The first-order chi connectivity index (χ1) is 9.67. The lowest BCUT2D eigenvalue weighted by atomic mass is 10.2. The molecule has 0 bridgehead atoms. The highest BCUT2D eigenvalue weighted by molar-refractivity contribution is 5.85. The number of para-hydroxylation sites is 1. The molecule has 0 aliphatic rings. The summed E-state index contributed by atoms with van der Waals surface area (Å²) in [5.74, 6) is 0.360. The highest BCUT2D eigenvalue weighted by Crippen LogP contribution is 2.23. The van der Waals surface area contributed by atoms with Crippen molar-refractivity contribution < 1.29 is 14.3 Å². The van der Waals surface area contributed by atoms with E-state index in [0.717, 1.165) is 0 Å². The summed E-state index contributed by atoms with van der Waals surface area (Å²) in [7, 11) is 1.36. The monoisotopic (exact) mass is 275 g/mol. The van der Waals surface area contributed by atoms with E-state index in [-0.39, 0.29) is 17.8 Å². The third-order valence-corrected chi connectivity index (χ3v) is 3.04. The van der Waals surface area contributed by atoms with Gasteiger partial charge in [-0.25, -0.2) is 0 Å². The molecule has 106 valence electrons. The maximum atomic E-state index is 11.9. The van der Waals surface area contributed by atoms with Crippen LogP contribution in [0, 0.1) is 0 Å². The van der Waals surface area contributed by atoms with Gasteiger partial charge in [0.25, 0.3) is 0 Å². The van der Waals surface area contributed by atoms with Crippen LogP contribution in [-0.4, -0.2) is 24.3 Å². The van der Waals surface area contributed by atoms with Crippen LogP contribution in [0.4, 0.5) is 0 Å². The average Bonchev–Trinajstić information content (AvgIpc) is 2.47. The van der Waals surface area contributed by atoms with Crippen molar-refractivity contribution in [1.29, 1.82) is 0 Å². The van der Waals surface area contributed by atoms with Crippen LogP contribution in [0.2, 0.25) is 0 Å². The predicted molar refractivity (Wildman–Crippen MR) is 76.0 cm³/mol. The molecule has 0 fully saturated rings. The lowest BCUT2D eigenvalue weighted by Gasteiger charge is -2.14. The van der Waals surface area contributed by atoms with E-state index in [1.807, 2.05) is 17.6 Å². The normalized spacial score (nSPS) is 10.5. The lowest BCUT2D eigenvalue weighted by molar-refractivity contribution is -0.140. The number of aromatic nitrogens is 1. The molecule has 5 nitrogen and oxygen atoms in total. The van der Waals surface area contributed by atoms with Crippen LogP contribution in [-0.2, 0) is 16.1 Å². The van der Waals surface area contributed by atoms with Crippen LogP contribution >= 0.6 is 0 Å². The standard InChI is InChI=1S/C15H17NO4/c1-3-20-13-6-4-5-11-12(17)7-9-16(15(11)13)10-8-14(18)19-2/h4-7,9H,3,8,10H2,1-2H3. The second kappa shape index (κ2) is 6.23. The lowest BCUT2D eigenvalue weighted by Crippen LogP contribution is -2.12. The van der Waals surface area contributed by atoms with E-state index >= 15 is 0 Å². The Morgan fingerprint density at radius 1 is 1.30 bits per heavy atom. The zero-order chi connectivity index (χ0) is 14.5. The molecule has 0 spiro atoms. The predicted octanol–water partition coefficient (Wildman–Crippen LogP) is 1.96. The molecule has 0 saturated heterocycles. The molecule has 0 unspecified atom stereocenters. The number of hydrogen-bond donors (Lipinski definition) is 0. The minimum absolute atomic E-state index is 0.0594. The average molecular weight is 275 g/mol. The van der Waals surface area contributed by atoms with E-state index in [0.29, 0.717) is 29.8 Å². The Labute approximate surface area is 116 Å². The number of aryl methyl sites for hydroxylation is 1. The molecule has 0 saturated carbocycles. The summed E-state index contributed by atoms with van der Waals surface area (Å²) < 4.78 is 12.1. The topological polar surface area (TPSA) is 57.5 Å². The van der Waals surface area contributed by atoms with Gasteiger partial charge < -0.3 is 14.0 Å². The molecule has 1 aromatic heterocycles. The molecule has 1 aromatic carbocycles. The van der Waals surface area contributed by atoms with E-state index in [2.05, 4.69) is 4.74 Å². The molecule has 2 aromatic rings. The Bertz CT molecular complexity index is 675. The molecule has 1 heterocycles. The van der Waals surface area contributed by atoms with E-state index < -0.39 is 0 Å². The summed E-state index contributed by atoms with van der Waals surface area (Å²) in [6.45, 7) is 2.84. The van der Waals surface area contributed by atoms with E-state index in [1.54, 1.807) is 18.3 Å². The van der Waals surface area contributed by atoms with Crippen LogP contribution in [0.15, 0.2) is 35.3 Å². The number of benzene rings is 1. The van der Waals surface area contributed by atoms with Crippen molar-refractivity contribution in [3.63, 3.8) is 0 Å². The second-order valence-corrected chi connectivity index (χ2v) is 4.28. The van der Waals surface area contributed by atoms with Gasteiger partial charge in [0.15, 0.2) is 5.43 Å². The molecule has 5 heteroatoms. The molecular weight excluding hydrogens is 258 g/mol. The van der Waals surface area contributed by atoms with Gasteiger partial charge >= 0.3 is 5.97 Å². The third kappa shape index (κ3) is 2.82. The zero-order valence-electron chi connectivity index (χ0n) is 11.6. The minimum Gasteiger partial charge on any atom is -0.492 e. The number of methoxy groups -OCH3 is 1. The Kier molecular flexibility index (Phi) is 4.40. The highest BCUT2D eigenvalue weighted by Gasteiger charge is 2.10. The van der Waals surface area contributed by atoms with Crippen molar-refractivity contribution in [2.24, 2.45) is 0 Å². The van der Waals surface area contributed by atoms with Gasteiger partial charge in [0, 0.05) is 24.2 Å². The van der Waals surface area contributed by atoms with Gasteiger partial charge in [0.05, 0.1) is 25.7 Å². The van der Waals surface area contributed by atoms with Crippen LogP contribution in [0.25, 0.3) is 10.9 Å². The summed E-state index contributed by atoms with van der Waals surface area (Å²) in [4.78, 5) is 23.2. The first-order valence-electron chi connectivity index (χ1n) is 6.49. The number of carbonyl (C=O) groups is 1. The Hall–Kier alpha value is -2.30. The highest BCUT2D eigenvalue weighted by atomic mass is 16.5. The van der Waals surface area contributed by atoms with Crippen molar-refractivity contribution in [1.82, 2.24) is 4.57 Å². The zero-order valence-corrected chi connectivity index (χ0v) is 11.6. The molecule has 0 radical (unpaired) electrons. The molecule has 0 N–H and O–H groups in total. The molecule has 0 atom stereocenters. The maximum Gasteiger partial charge on any atom is 0.307 e. The summed E-state index contributed by atoms with van der Waals surface area (Å²) in [6.07, 6.45) is 1.92. The largest absolute Gasteiger partial charge is 0.492 e. The SMILES string of the molecule is CCOc1cccc2c(=O)ccn(CCC(=O)OC)c12. The number of fused-ring (bicyclic) bond motifs is 1. The van der Waals surface area contributed by atoms with Crippen LogP contribution in [0.1, 0.15) is 13.3 Å². The van der Waals surface area contributed by atoms with Crippen LogP contribution in [0.5, 0.6) is 5.75 Å². The number of rotatable bonds is 5. The first-order valence-corrected chi connectivity index (χ1v) is 6.49. The maximum absolute atomic E-state index is 11.9. The van der Waals surface area contributed by atoms with Gasteiger partial charge in [-0.3, -0.25) is 9.59 Å². The van der Waals surface area contributed by atoms with E-state index in [1.165, 1.54) is 13.2 Å². The van der Waals surface area contributed by atoms with Crippen LogP contribution in [0.3, 0.4) is 0 Å². The van der Waals surface area contributed by atoms with Crippen LogP contribution < -0.4 is 10.2 Å². The first kappa shape index (κ1) is 14.1. The number of esters is 1. The fraction of sp³-hybridized carbons (Fsp3) is 0.333. The Balaban J connectivity index is 2.50. The molecule has 20 heavy (non-hydrogen) atoms. The van der Waals surface area contributed by atoms with Crippen molar-refractivity contribution in [3.05, 3.63) is 40.7 Å². The number of ether oxygens (including phenoxy) is 2. The Morgan fingerprint density at radius 2 is 2.10 bits per heavy atom. The van der Waals surface area contributed by atoms with Gasteiger partial charge in [0.2, 0.25) is 0 Å². The fourth-order valence-electron chi connectivity index (χ4n) is 2.11. The summed E-state index contributed by atoms with van der Waals surface area (Å²) in [5.41, 5.74) is 0.654. The minimum atomic E-state index is -0.286. The molecule has 2 rings (SSSR count). The number of pyridine rings is 1. The molecule has 0 aliphatic carbocycles. The van der Waals surface area contributed by atoms with Crippen molar-refractivity contribution in [2.45, 2.75) is 19.9 Å². The van der Waals surface area contributed by atoms with E-state index in [4.69, 9.17) is 4.74 Å². The number of carbonyl (C=O) groups excluding carboxylic acids is 1. The van der Waals surface area contributed by atoms with Crippen molar-refractivity contribution in [3.8, 4) is 5.75 Å². The van der Waals surface area contributed by atoms with Gasteiger partial charge in [-0.1, -0.05) is 6.07 Å². The van der Waals surface area contributed by atoms with Crippen molar-refractivity contribution >= 4 is 16.9 Å². The smallest absolute Gasteiger partial charge is 0.307 e. The summed E-state index contributed by atoms with van der Waals surface area (Å²) >= 11 is 0. The van der Waals surface area contributed by atoms with E-state index in [9.17, 15) is 9.59 Å². The summed E-state index contributed by atoms with van der Waals surface area (Å²) in [5, 5.41) is 0.586. The third-order valence-electron chi connectivity index (χ3n) is 3.04. The van der Waals surface area contributed by atoms with Gasteiger partial charge in [0.1, 0.15) is 5.75 Å².